The minimum absolute atomic E-state index is 0.712. The maximum atomic E-state index is 5.43. The first kappa shape index (κ1) is 11.3. The summed E-state index contributed by atoms with van der Waals surface area (Å²) in [6.45, 7) is 0. The predicted molar refractivity (Wildman–Crippen MR) is 61.3 cm³/mol. The van der Waals surface area contributed by atoms with Crippen LogP contribution in [0, 0.1) is 0 Å². The van der Waals surface area contributed by atoms with E-state index in [1.807, 2.05) is 40.3 Å². The number of rotatable bonds is 4. The van der Waals surface area contributed by atoms with Crippen molar-refractivity contribution in [1.29, 1.82) is 0 Å². The van der Waals surface area contributed by atoms with Gasteiger partial charge in [-0.25, -0.2) is 0 Å². The first-order valence-electron chi connectivity index (χ1n) is 4.60. The van der Waals surface area contributed by atoms with Gasteiger partial charge in [0.1, 0.15) is 11.5 Å². The van der Waals surface area contributed by atoms with Gasteiger partial charge < -0.3 is 14.4 Å². The lowest BCUT2D eigenvalue weighted by molar-refractivity contribution is 0.435. The van der Waals surface area contributed by atoms with Crippen molar-refractivity contribution >= 4 is 12.4 Å². The quantitative estimate of drug-likeness (QED) is 0.549. The van der Waals surface area contributed by atoms with Gasteiger partial charge in [-0.05, 0) is 12.1 Å². The van der Waals surface area contributed by atoms with Gasteiger partial charge in [0.05, 0.1) is 12.4 Å². The molecule has 1 aromatic heterocycles. The predicted octanol–water partition coefficient (Wildman–Crippen LogP) is 1.07. The zero-order valence-electron chi connectivity index (χ0n) is 9.51. The highest BCUT2D eigenvalue weighted by Crippen LogP contribution is 2.03. The molecule has 0 amide bonds. The Morgan fingerprint density at radius 3 is 1.67 bits per heavy atom. The summed E-state index contributed by atoms with van der Waals surface area (Å²) in [6.07, 6.45) is 3.32. The van der Waals surface area contributed by atoms with Gasteiger partial charge in [-0.1, -0.05) is 0 Å². The fourth-order valence-corrected chi connectivity index (χ4v) is 0.852. The lowest BCUT2D eigenvalue weighted by atomic mass is 10.4. The molecule has 0 fully saturated rings. The van der Waals surface area contributed by atoms with Crippen LogP contribution in [0.15, 0.2) is 26.8 Å². The molecule has 0 aromatic carbocycles. The molecule has 5 nitrogen and oxygen atoms in total. The maximum absolute atomic E-state index is 5.43. The molecule has 5 heteroatoms. The van der Waals surface area contributed by atoms with Crippen molar-refractivity contribution in [3.63, 3.8) is 0 Å². The molecular formula is C10H16N4O. The van der Waals surface area contributed by atoms with Crippen LogP contribution in [0.4, 0.5) is 0 Å². The molecule has 82 valence electrons. The number of furan rings is 1. The summed E-state index contributed by atoms with van der Waals surface area (Å²) in [5, 5.41) is 11.5. The molecule has 0 aliphatic heterocycles. The third kappa shape index (κ3) is 4.30. The van der Waals surface area contributed by atoms with E-state index in [9.17, 15) is 0 Å². The van der Waals surface area contributed by atoms with Crippen molar-refractivity contribution in [2.45, 2.75) is 0 Å². The summed E-state index contributed by atoms with van der Waals surface area (Å²) in [5.41, 5.74) is 0. The summed E-state index contributed by atoms with van der Waals surface area (Å²) in [4.78, 5) is 0. The van der Waals surface area contributed by atoms with E-state index in [2.05, 4.69) is 10.2 Å². The molecule has 0 N–H and O–H groups in total. The fourth-order valence-electron chi connectivity index (χ4n) is 0.852. The number of hydrogen-bond donors (Lipinski definition) is 0. The van der Waals surface area contributed by atoms with Crippen molar-refractivity contribution in [3.8, 4) is 0 Å². The maximum Gasteiger partial charge on any atom is 0.147 e. The van der Waals surface area contributed by atoms with Crippen molar-refractivity contribution in [2.75, 3.05) is 28.2 Å². The molecule has 0 aliphatic carbocycles. The molecule has 1 rings (SSSR count). The van der Waals surface area contributed by atoms with Crippen LogP contribution in [-0.2, 0) is 0 Å². The van der Waals surface area contributed by atoms with Crippen molar-refractivity contribution in [2.24, 2.45) is 10.2 Å². The third-order valence-corrected chi connectivity index (χ3v) is 1.48. The van der Waals surface area contributed by atoms with Crippen molar-refractivity contribution < 1.29 is 4.42 Å². The van der Waals surface area contributed by atoms with Gasteiger partial charge in [0.15, 0.2) is 0 Å². The second kappa shape index (κ2) is 5.19. The van der Waals surface area contributed by atoms with Crippen LogP contribution in [0.5, 0.6) is 0 Å². The van der Waals surface area contributed by atoms with Crippen molar-refractivity contribution in [1.82, 2.24) is 10.0 Å². The standard InChI is InChI=1S/C10H16N4O/c1-13(2)11-7-9-5-6-10(15-9)8-12-14(3)4/h5-8H,1-4H3. The van der Waals surface area contributed by atoms with Gasteiger partial charge in [-0.2, -0.15) is 10.2 Å². The summed E-state index contributed by atoms with van der Waals surface area (Å²) in [6, 6.07) is 3.70. The first-order valence-corrected chi connectivity index (χ1v) is 4.60. The van der Waals surface area contributed by atoms with Gasteiger partial charge in [0.25, 0.3) is 0 Å². The van der Waals surface area contributed by atoms with Crippen LogP contribution in [0.25, 0.3) is 0 Å². The summed E-state index contributed by atoms with van der Waals surface area (Å²) in [7, 11) is 7.42. The van der Waals surface area contributed by atoms with Gasteiger partial charge >= 0.3 is 0 Å². The van der Waals surface area contributed by atoms with E-state index in [0.29, 0.717) is 11.5 Å². The topological polar surface area (TPSA) is 44.3 Å². The van der Waals surface area contributed by atoms with E-state index in [1.165, 1.54) is 0 Å². The first-order chi connectivity index (χ1) is 7.08. The molecule has 0 bridgehead atoms. The Balaban J connectivity index is 2.64. The van der Waals surface area contributed by atoms with Crippen LogP contribution in [-0.4, -0.2) is 50.6 Å². The summed E-state index contributed by atoms with van der Waals surface area (Å²) < 4.78 is 5.43. The van der Waals surface area contributed by atoms with E-state index < -0.39 is 0 Å². The Bertz CT molecular complexity index is 320. The van der Waals surface area contributed by atoms with Gasteiger partial charge in [0, 0.05) is 28.2 Å². The highest BCUT2D eigenvalue weighted by Gasteiger charge is 1.96. The third-order valence-electron chi connectivity index (χ3n) is 1.48. The molecule has 15 heavy (non-hydrogen) atoms. The lowest BCUT2D eigenvalue weighted by Crippen LogP contribution is -2.01. The van der Waals surface area contributed by atoms with E-state index in [-0.39, 0.29) is 0 Å². The van der Waals surface area contributed by atoms with E-state index >= 15 is 0 Å². The highest BCUT2D eigenvalue weighted by molar-refractivity contribution is 5.80. The van der Waals surface area contributed by atoms with Crippen molar-refractivity contribution in [3.05, 3.63) is 23.7 Å². The molecule has 0 saturated carbocycles. The molecule has 0 aliphatic rings. The molecule has 0 spiro atoms. The van der Waals surface area contributed by atoms with Crippen LogP contribution in [0.1, 0.15) is 11.5 Å². The number of hydrogen-bond acceptors (Lipinski definition) is 5. The molecule has 1 aromatic rings. The Labute approximate surface area is 89.7 Å². The molecule has 0 radical (unpaired) electrons. The Kier molecular flexibility index (Phi) is 3.91. The zero-order chi connectivity index (χ0) is 11.3. The second-order valence-electron chi connectivity index (χ2n) is 3.42. The van der Waals surface area contributed by atoms with Gasteiger partial charge in [0.2, 0.25) is 0 Å². The Hall–Kier alpha value is -1.78. The van der Waals surface area contributed by atoms with E-state index in [4.69, 9.17) is 4.42 Å². The second-order valence-corrected chi connectivity index (χ2v) is 3.42. The highest BCUT2D eigenvalue weighted by atomic mass is 16.3. The SMILES string of the molecule is CN(C)N=Cc1ccc(C=NN(C)C)o1. The van der Waals surface area contributed by atoms with Gasteiger partial charge in [-0.15, -0.1) is 0 Å². The average Bonchev–Trinajstić information content (AvgIpc) is 2.59. The Morgan fingerprint density at radius 2 is 1.33 bits per heavy atom. The molecule has 0 atom stereocenters. The zero-order valence-corrected chi connectivity index (χ0v) is 9.51. The van der Waals surface area contributed by atoms with Crippen LogP contribution >= 0.6 is 0 Å². The minimum Gasteiger partial charge on any atom is -0.454 e. The lowest BCUT2D eigenvalue weighted by Gasteiger charge is -2.01. The van der Waals surface area contributed by atoms with Crippen LogP contribution in [0.3, 0.4) is 0 Å². The van der Waals surface area contributed by atoms with Crippen LogP contribution < -0.4 is 0 Å². The molecule has 1 heterocycles. The fraction of sp³-hybridized carbons (Fsp3) is 0.400. The monoisotopic (exact) mass is 208 g/mol. The normalized spacial score (nSPS) is 11.5. The van der Waals surface area contributed by atoms with Gasteiger partial charge in [-0.3, -0.25) is 0 Å². The molecular weight excluding hydrogens is 192 g/mol. The number of hydrazone groups is 2. The van der Waals surface area contributed by atoms with Crippen LogP contribution in [0.2, 0.25) is 0 Å². The summed E-state index contributed by atoms with van der Waals surface area (Å²) >= 11 is 0. The largest absolute Gasteiger partial charge is 0.454 e. The number of nitrogens with zero attached hydrogens (tertiary/aromatic N) is 4. The summed E-state index contributed by atoms with van der Waals surface area (Å²) in [5.74, 6) is 1.42. The van der Waals surface area contributed by atoms with E-state index in [0.717, 1.165) is 0 Å². The Morgan fingerprint density at radius 1 is 0.933 bits per heavy atom. The molecule has 0 unspecified atom stereocenters. The molecule has 0 saturated heterocycles. The average molecular weight is 208 g/mol. The minimum atomic E-state index is 0.712. The smallest absolute Gasteiger partial charge is 0.147 e. The van der Waals surface area contributed by atoms with E-state index in [1.54, 1.807) is 22.4 Å².